The minimum absolute atomic E-state index is 0.310. The van der Waals surface area contributed by atoms with Gasteiger partial charge in [-0.25, -0.2) is 4.79 Å². The fourth-order valence-electron chi connectivity index (χ4n) is 3.49. The average molecular weight is 412 g/mol. The maximum atomic E-state index is 12.4. The first-order valence-corrected chi connectivity index (χ1v) is 11.3. The van der Waals surface area contributed by atoms with E-state index >= 15 is 0 Å². The Morgan fingerprint density at radius 2 is 1.53 bits per heavy atom. The van der Waals surface area contributed by atoms with Crippen LogP contribution in [0.25, 0.3) is 0 Å². The molecule has 0 aliphatic carbocycles. The molecule has 2 N–H and O–H groups in total. The lowest BCUT2D eigenvalue weighted by molar-refractivity contribution is 0.0528. The zero-order chi connectivity index (χ0) is 21.8. The van der Waals surface area contributed by atoms with Crippen molar-refractivity contribution in [3.8, 4) is 5.75 Å². The summed E-state index contributed by atoms with van der Waals surface area (Å²) in [6.07, 6.45) is 8.34. The smallest absolute Gasteiger partial charge is 0.426 e. The fourth-order valence-corrected chi connectivity index (χ4v) is 3.49. The maximum absolute atomic E-state index is 12.4. The first-order chi connectivity index (χ1) is 14.5. The standard InChI is InChI=1S/C26H37NO3/c1-4-5-6-7-8-9-10-14-25(22-17-15-21(16-18-22)20(2)3)30-26(28)29-24-13-11-12-23(27)19-24/h11-13,15-20,25H,4-10,14,27H2,1-3H3. The molecule has 0 saturated carbocycles. The number of benzene rings is 2. The molecule has 0 heterocycles. The zero-order valence-electron chi connectivity index (χ0n) is 18.7. The lowest BCUT2D eigenvalue weighted by Crippen LogP contribution is -2.15. The van der Waals surface area contributed by atoms with Crippen molar-refractivity contribution in [1.29, 1.82) is 0 Å². The summed E-state index contributed by atoms with van der Waals surface area (Å²) in [5, 5.41) is 0. The molecule has 30 heavy (non-hydrogen) atoms. The SMILES string of the molecule is CCCCCCCCCC(OC(=O)Oc1cccc(N)c1)c1ccc(C(C)C)cc1. The molecule has 4 heteroatoms. The number of carbonyl (C=O) groups excluding carboxylic acids is 1. The molecule has 4 nitrogen and oxygen atoms in total. The highest BCUT2D eigenvalue weighted by molar-refractivity contribution is 5.65. The number of unbranched alkanes of at least 4 members (excludes halogenated alkanes) is 6. The van der Waals surface area contributed by atoms with Crippen molar-refractivity contribution in [2.24, 2.45) is 0 Å². The number of anilines is 1. The molecule has 2 aromatic rings. The van der Waals surface area contributed by atoms with Gasteiger partial charge in [0.1, 0.15) is 11.9 Å². The summed E-state index contributed by atoms with van der Waals surface area (Å²) < 4.78 is 11.1. The van der Waals surface area contributed by atoms with Crippen molar-refractivity contribution in [2.75, 3.05) is 5.73 Å². The van der Waals surface area contributed by atoms with E-state index in [1.165, 1.54) is 37.7 Å². The first-order valence-electron chi connectivity index (χ1n) is 11.3. The molecule has 0 spiro atoms. The highest BCUT2D eigenvalue weighted by atomic mass is 16.7. The van der Waals surface area contributed by atoms with Crippen LogP contribution in [0.4, 0.5) is 10.5 Å². The van der Waals surface area contributed by atoms with Gasteiger partial charge in [0, 0.05) is 11.8 Å². The molecule has 0 bridgehead atoms. The second kappa shape index (κ2) is 12.9. The van der Waals surface area contributed by atoms with Crippen LogP contribution >= 0.6 is 0 Å². The van der Waals surface area contributed by atoms with E-state index < -0.39 is 6.16 Å². The van der Waals surface area contributed by atoms with Crippen LogP contribution in [0.15, 0.2) is 48.5 Å². The van der Waals surface area contributed by atoms with Gasteiger partial charge in [0.2, 0.25) is 0 Å². The Morgan fingerprint density at radius 1 is 0.900 bits per heavy atom. The number of hydrogen-bond donors (Lipinski definition) is 1. The monoisotopic (exact) mass is 411 g/mol. The number of carbonyl (C=O) groups is 1. The van der Waals surface area contributed by atoms with E-state index in [4.69, 9.17) is 15.2 Å². The third kappa shape index (κ3) is 8.48. The summed E-state index contributed by atoms with van der Waals surface area (Å²) in [7, 11) is 0. The third-order valence-corrected chi connectivity index (χ3v) is 5.34. The van der Waals surface area contributed by atoms with Gasteiger partial charge in [-0.3, -0.25) is 0 Å². The second-order valence-corrected chi connectivity index (χ2v) is 8.26. The Labute approximate surface area is 181 Å². The fraction of sp³-hybridized carbons (Fsp3) is 0.500. The molecule has 2 aromatic carbocycles. The van der Waals surface area contributed by atoms with Gasteiger partial charge in [0.15, 0.2) is 0 Å². The molecule has 0 amide bonds. The molecule has 0 aliphatic rings. The summed E-state index contributed by atoms with van der Waals surface area (Å²) in [6, 6.07) is 15.2. The van der Waals surface area contributed by atoms with Crippen molar-refractivity contribution < 1.29 is 14.3 Å². The van der Waals surface area contributed by atoms with Crippen LogP contribution in [0.5, 0.6) is 5.75 Å². The summed E-state index contributed by atoms with van der Waals surface area (Å²) in [5.41, 5.74) is 8.59. The lowest BCUT2D eigenvalue weighted by atomic mass is 9.97. The summed E-state index contributed by atoms with van der Waals surface area (Å²) >= 11 is 0. The Hall–Kier alpha value is -2.49. The topological polar surface area (TPSA) is 61.5 Å². The van der Waals surface area contributed by atoms with Crippen molar-refractivity contribution in [2.45, 2.75) is 84.2 Å². The van der Waals surface area contributed by atoms with Crippen LogP contribution in [0.3, 0.4) is 0 Å². The van der Waals surface area contributed by atoms with Crippen LogP contribution in [-0.4, -0.2) is 6.16 Å². The van der Waals surface area contributed by atoms with Crippen molar-refractivity contribution in [3.05, 3.63) is 59.7 Å². The molecule has 2 rings (SSSR count). The Morgan fingerprint density at radius 3 is 2.17 bits per heavy atom. The van der Waals surface area contributed by atoms with Gasteiger partial charge in [0.05, 0.1) is 0 Å². The molecule has 0 aliphatic heterocycles. The highest BCUT2D eigenvalue weighted by Gasteiger charge is 2.19. The van der Waals surface area contributed by atoms with E-state index in [0.29, 0.717) is 17.4 Å². The average Bonchev–Trinajstić information content (AvgIpc) is 2.72. The third-order valence-electron chi connectivity index (χ3n) is 5.34. The van der Waals surface area contributed by atoms with E-state index in [9.17, 15) is 4.79 Å². The van der Waals surface area contributed by atoms with Crippen LogP contribution < -0.4 is 10.5 Å². The maximum Gasteiger partial charge on any atom is 0.514 e. The quantitative estimate of drug-likeness (QED) is 0.167. The number of ether oxygens (including phenoxy) is 2. The normalized spacial score (nSPS) is 12.0. The molecular formula is C26H37NO3. The summed E-state index contributed by atoms with van der Waals surface area (Å²) in [6.45, 7) is 6.57. The van der Waals surface area contributed by atoms with Crippen molar-refractivity contribution in [3.63, 3.8) is 0 Å². The van der Waals surface area contributed by atoms with Crippen LogP contribution in [-0.2, 0) is 4.74 Å². The van der Waals surface area contributed by atoms with Gasteiger partial charge in [-0.15, -0.1) is 0 Å². The largest absolute Gasteiger partial charge is 0.514 e. The van der Waals surface area contributed by atoms with E-state index in [2.05, 4.69) is 45.0 Å². The molecule has 1 atom stereocenters. The van der Waals surface area contributed by atoms with E-state index in [-0.39, 0.29) is 6.10 Å². The van der Waals surface area contributed by atoms with Crippen LogP contribution in [0.1, 0.15) is 95.3 Å². The number of nitrogens with two attached hydrogens (primary N) is 1. The highest BCUT2D eigenvalue weighted by Crippen LogP contribution is 2.27. The molecule has 0 radical (unpaired) electrons. The van der Waals surface area contributed by atoms with Gasteiger partial charge >= 0.3 is 6.16 Å². The molecule has 164 valence electrons. The lowest BCUT2D eigenvalue weighted by Gasteiger charge is -2.19. The molecular weight excluding hydrogens is 374 g/mol. The van der Waals surface area contributed by atoms with E-state index in [1.54, 1.807) is 24.3 Å². The zero-order valence-corrected chi connectivity index (χ0v) is 18.7. The Balaban J connectivity index is 1.96. The van der Waals surface area contributed by atoms with Crippen molar-refractivity contribution in [1.82, 2.24) is 0 Å². The minimum atomic E-state index is -0.693. The van der Waals surface area contributed by atoms with Crippen LogP contribution in [0, 0.1) is 0 Å². The minimum Gasteiger partial charge on any atom is -0.426 e. The summed E-state index contributed by atoms with van der Waals surface area (Å²) in [4.78, 5) is 12.4. The van der Waals surface area contributed by atoms with Crippen LogP contribution in [0.2, 0.25) is 0 Å². The molecule has 1 unspecified atom stereocenters. The molecule has 0 fully saturated rings. The van der Waals surface area contributed by atoms with Gasteiger partial charge < -0.3 is 15.2 Å². The van der Waals surface area contributed by atoms with E-state index in [1.807, 2.05) is 0 Å². The predicted octanol–water partition coefficient (Wildman–Crippen LogP) is 7.79. The molecule has 0 aromatic heterocycles. The van der Waals surface area contributed by atoms with E-state index in [0.717, 1.165) is 24.8 Å². The Bertz CT molecular complexity index is 755. The van der Waals surface area contributed by atoms with Gasteiger partial charge in [-0.05, 0) is 42.0 Å². The van der Waals surface area contributed by atoms with Crippen molar-refractivity contribution >= 4 is 11.8 Å². The summed E-state index contributed by atoms with van der Waals surface area (Å²) in [5.74, 6) is 0.861. The predicted molar refractivity (Wildman–Crippen MR) is 124 cm³/mol. The van der Waals surface area contributed by atoms with Gasteiger partial charge in [-0.2, -0.15) is 0 Å². The molecule has 0 saturated heterocycles. The number of rotatable bonds is 12. The number of hydrogen-bond acceptors (Lipinski definition) is 4. The first kappa shape index (κ1) is 23.8. The Kier molecular flexibility index (Phi) is 10.3. The number of nitrogen functional groups attached to an aromatic ring is 1. The van der Waals surface area contributed by atoms with Gasteiger partial charge in [0.25, 0.3) is 0 Å². The van der Waals surface area contributed by atoms with Gasteiger partial charge in [-0.1, -0.05) is 89.6 Å². The second-order valence-electron chi connectivity index (χ2n) is 8.26.